The van der Waals surface area contributed by atoms with Crippen LogP contribution in [0.5, 0.6) is 0 Å². The first kappa shape index (κ1) is 25.8. The molecular formula is C20H36N4O4. The van der Waals surface area contributed by atoms with Gasteiger partial charge in [-0.15, -0.1) is 0 Å². The van der Waals surface area contributed by atoms with Crippen molar-refractivity contribution in [3.05, 3.63) is 12.0 Å². The second-order valence-corrected chi connectivity index (χ2v) is 7.62. The molecule has 2 unspecified atom stereocenters. The number of hydrogen-bond acceptors (Lipinski definition) is 7. The SMILES string of the molecule is C=N/C=C(\N=C)N1CCC(CNC=O)(C(=O)OCC)C(C)C1.COC(C)(C)C. The molecule has 1 fully saturated rings. The van der Waals surface area contributed by atoms with E-state index in [0.717, 1.165) is 0 Å². The number of nitrogens with one attached hydrogen (secondary N) is 1. The zero-order valence-electron chi connectivity index (χ0n) is 18.2. The van der Waals surface area contributed by atoms with Crippen LogP contribution in [0.4, 0.5) is 0 Å². The maximum absolute atomic E-state index is 12.4. The number of ether oxygens (including phenoxy) is 2. The molecule has 0 aromatic heterocycles. The van der Waals surface area contributed by atoms with Gasteiger partial charge in [-0.1, -0.05) is 6.92 Å². The molecule has 1 saturated heterocycles. The van der Waals surface area contributed by atoms with Crippen molar-refractivity contribution >= 4 is 25.8 Å². The average molecular weight is 397 g/mol. The second kappa shape index (κ2) is 12.3. The van der Waals surface area contributed by atoms with Gasteiger partial charge in [0.2, 0.25) is 6.41 Å². The fraction of sp³-hybridized carbons (Fsp3) is 0.700. The van der Waals surface area contributed by atoms with E-state index in [1.54, 1.807) is 20.2 Å². The lowest BCUT2D eigenvalue weighted by Gasteiger charge is -2.45. The van der Waals surface area contributed by atoms with E-state index in [-0.39, 0.29) is 24.0 Å². The number of carbonyl (C=O) groups excluding carboxylic acids is 2. The minimum absolute atomic E-state index is 0.0253. The van der Waals surface area contributed by atoms with Crippen LogP contribution in [0.25, 0.3) is 0 Å². The predicted octanol–water partition coefficient (Wildman–Crippen LogP) is 2.26. The molecule has 1 heterocycles. The highest BCUT2D eigenvalue weighted by atomic mass is 16.5. The van der Waals surface area contributed by atoms with Crippen molar-refractivity contribution in [2.45, 2.75) is 46.6 Å². The van der Waals surface area contributed by atoms with E-state index in [2.05, 4.69) is 28.7 Å². The molecule has 0 aromatic rings. The lowest BCUT2D eigenvalue weighted by molar-refractivity contribution is -0.162. The van der Waals surface area contributed by atoms with Gasteiger partial charge in [-0.3, -0.25) is 14.6 Å². The summed E-state index contributed by atoms with van der Waals surface area (Å²) in [6.45, 7) is 18.5. The first-order valence-electron chi connectivity index (χ1n) is 9.38. The number of aliphatic imine (C=N–C) groups is 2. The second-order valence-electron chi connectivity index (χ2n) is 7.62. The third-order valence-corrected chi connectivity index (χ3v) is 4.75. The van der Waals surface area contributed by atoms with E-state index >= 15 is 0 Å². The molecule has 1 aliphatic rings. The molecule has 0 radical (unpaired) electrons. The number of rotatable bonds is 8. The van der Waals surface area contributed by atoms with Crippen LogP contribution < -0.4 is 5.32 Å². The Morgan fingerprint density at radius 2 is 2.00 bits per heavy atom. The van der Waals surface area contributed by atoms with Crippen LogP contribution >= 0.6 is 0 Å². The van der Waals surface area contributed by atoms with E-state index in [4.69, 9.17) is 9.47 Å². The number of piperidine rings is 1. The lowest BCUT2D eigenvalue weighted by Crippen LogP contribution is -2.54. The summed E-state index contributed by atoms with van der Waals surface area (Å²) < 4.78 is 10.2. The number of hydrogen-bond donors (Lipinski definition) is 1. The third kappa shape index (κ3) is 7.80. The zero-order chi connectivity index (χ0) is 21.8. The molecule has 8 heteroatoms. The Morgan fingerprint density at radius 1 is 1.39 bits per heavy atom. The summed E-state index contributed by atoms with van der Waals surface area (Å²) in [7, 11) is 1.71. The van der Waals surface area contributed by atoms with E-state index in [1.807, 2.05) is 32.6 Å². The molecule has 28 heavy (non-hydrogen) atoms. The largest absolute Gasteiger partial charge is 0.466 e. The molecular weight excluding hydrogens is 360 g/mol. The smallest absolute Gasteiger partial charge is 0.314 e. The number of nitrogens with zero attached hydrogens (tertiary/aromatic N) is 3. The highest BCUT2D eigenvalue weighted by Gasteiger charge is 2.48. The maximum atomic E-state index is 12.4. The van der Waals surface area contributed by atoms with E-state index in [1.165, 1.54) is 0 Å². The topological polar surface area (TPSA) is 92.6 Å². The maximum Gasteiger partial charge on any atom is 0.314 e. The zero-order valence-corrected chi connectivity index (χ0v) is 18.2. The fourth-order valence-electron chi connectivity index (χ4n) is 2.83. The molecule has 1 amide bonds. The quantitative estimate of drug-likeness (QED) is 0.386. The van der Waals surface area contributed by atoms with Crippen molar-refractivity contribution in [1.29, 1.82) is 0 Å². The van der Waals surface area contributed by atoms with Crippen LogP contribution in [-0.2, 0) is 19.1 Å². The Bertz CT molecular complexity index is 557. The fourth-order valence-corrected chi connectivity index (χ4v) is 2.83. The van der Waals surface area contributed by atoms with Gasteiger partial charge in [-0.05, 0) is 53.5 Å². The van der Waals surface area contributed by atoms with Gasteiger partial charge < -0.3 is 19.7 Å². The first-order valence-corrected chi connectivity index (χ1v) is 9.38. The predicted molar refractivity (Wildman–Crippen MR) is 112 cm³/mol. The van der Waals surface area contributed by atoms with E-state index in [9.17, 15) is 9.59 Å². The number of carbonyl (C=O) groups is 2. The van der Waals surface area contributed by atoms with Gasteiger partial charge >= 0.3 is 5.97 Å². The Balaban J connectivity index is 0.00000105. The summed E-state index contributed by atoms with van der Waals surface area (Å²) in [6.07, 6.45) is 2.71. The Hall–Kier alpha value is -2.22. The average Bonchev–Trinajstić information content (AvgIpc) is 2.65. The minimum Gasteiger partial charge on any atom is -0.466 e. The monoisotopic (exact) mass is 396 g/mol. The lowest BCUT2D eigenvalue weighted by atomic mass is 9.70. The van der Waals surface area contributed by atoms with Crippen molar-refractivity contribution in [3.63, 3.8) is 0 Å². The van der Waals surface area contributed by atoms with Crippen LogP contribution in [0.1, 0.15) is 41.0 Å². The Morgan fingerprint density at radius 3 is 2.39 bits per heavy atom. The van der Waals surface area contributed by atoms with Crippen molar-refractivity contribution in [3.8, 4) is 0 Å². The summed E-state index contributed by atoms with van der Waals surface area (Å²) in [5.74, 6) is 0.334. The molecule has 0 spiro atoms. The standard InChI is InChI=1S/C15H24N4O3.C5H12O/c1-5-22-14(21)15(10-18-11-20)6-7-19(9-12(15)2)13(17-4)8-16-3;1-5(2,3)6-4/h8,11-12H,3-7,9-10H2,1-2H3,(H,18,20);1-4H3/b13-8+;. The normalized spacial score (nSPS) is 22.4. The van der Waals surface area contributed by atoms with Gasteiger partial charge in [0.15, 0.2) is 0 Å². The third-order valence-electron chi connectivity index (χ3n) is 4.75. The van der Waals surface area contributed by atoms with Crippen molar-refractivity contribution in [2.24, 2.45) is 21.3 Å². The Kier molecular flexibility index (Phi) is 11.3. The van der Waals surface area contributed by atoms with Crippen LogP contribution in [-0.4, -0.2) is 69.7 Å². The number of amides is 1. The summed E-state index contributed by atoms with van der Waals surface area (Å²) in [5, 5.41) is 2.63. The molecule has 0 saturated carbocycles. The van der Waals surface area contributed by atoms with Gasteiger partial charge in [0.25, 0.3) is 0 Å². The van der Waals surface area contributed by atoms with Crippen molar-refractivity contribution in [1.82, 2.24) is 10.2 Å². The summed E-state index contributed by atoms with van der Waals surface area (Å²) in [4.78, 5) is 32.8. The summed E-state index contributed by atoms with van der Waals surface area (Å²) in [5.41, 5.74) is -0.679. The Labute approximate surface area is 169 Å². The van der Waals surface area contributed by atoms with Gasteiger partial charge in [0.05, 0.1) is 23.8 Å². The molecule has 1 rings (SSSR count). The van der Waals surface area contributed by atoms with E-state index < -0.39 is 5.41 Å². The molecule has 0 aromatic carbocycles. The van der Waals surface area contributed by atoms with Crippen molar-refractivity contribution in [2.75, 3.05) is 33.4 Å². The van der Waals surface area contributed by atoms with Crippen molar-refractivity contribution < 1.29 is 19.1 Å². The number of esters is 1. The molecule has 2 atom stereocenters. The van der Waals surface area contributed by atoms with Gasteiger partial charge in [0.1, 0.15) is 5.82 Å². The summed E-state index contributed by atoms with van der Waals surface area (Å²) in [6, 6.07) is 0. The summed E-state index contributed by atoms with van der Waals surface area (Å²) >= 11 is 0. The van der Waals surface area contributed by atoms with Crippen LogP contribution in [0.3, 0.4) is 0 Å². The van der Waals surface area contributed by atoms with Crippen LogP contribution in [0.15, 0.2) is 22.0 Å². The minimum atomic E-state index is -0.721. The van der Waals surface area contributed by atoms with Gasteiger partial charge in [0, 0.05) is 26.7 Å². The molecule has 1 N–H and O–H groups in total. The van der Waals surface area contributed by atoms with Crippen LogP contribution in [0.2, 0.25) is 0 Å². The first-order chi connectivity index (χ1) is 13.1. The van der Waals surface area contributed by atoms with Crippen LogP contribution in [0, 0.1) is 11.3 Å². The highest BCUT2D eigenvalue weighted by molar-refractivity contribution is 5.78. The molecule has 0 bridgehead atoms. The highest BCUT2D eigenvalue weighted by Crippen LogP contribution is 2.38. The van der Waals surface area contributed by atoms with E-state index in [0.29, 0.717) is 38.3 Å². The molecule has 160 valence electrons. The van der Waals surface area contributed by atoms with Gasteiger partial charge in [-0.25, -0.2) is 4.99 Å². The number of methoxy groups -OCH3 is 1. The molecule has 0 aliphatic carbocycles. The van der Waals surface area contributed by atoms with Gasteiger partial charge in [-0.2, -0.15) is 0 Å². The molecule has 8 nitrogen and oxygen atoms in total. The number of likely N-dealkylation sites (tertiary alicyclic amines) is 1. The molecule has 1 aliphatic heterocycles.